The number of hydrogen-bond acceptors (Lipinski definition) is 4. The van der Waals surface area contributed by atoms with Crippen molar-refractivity contribution in [3.8, 4) is 0 Å². The van der Waals surface area contributed by atoms with E-state index in [9.17, 15) is 8.42 Å². The average molecular weight is 297 g/mol. The van der Waals surface area contributed by atoms with Gasteiger partial charge in [0.05, 0.1) is 4.90 Å². The molecule has 0 bridgehead atoms. The lowest BCUT2D eigenvalue weighted by molar-refractivity contribution is 0.154. The summed E-state index contributed by atoms with van der Waals surface area (Å²) >= 11 is 0. The van der Waals surface area contributed by atoms with E-state index in [0.717, 1.165) is 18.7 Å². The summed E-state index contributed by atoms with van der Waals surface area (Å²) in [6.07, 6.45) is 0. The fourth-order valence-electron chi connectivity index (χ4n) is 2.44. The highest BCUT2D eigenvalue weighted by atomic mass is 32.2. The molecule has 1 fully saturated rings. The summed E-state index contributed by atoms with van der Waals surface area (Å²) in [6, 6.07) is 7.36. The molecular formula is C14H23N3O2S. The predicted molar refractivity (Wildman–Crippen MR) is 79.8 cm³/mol. The monoisotopic (exact) mass is 297 g/mol. The van der Waals surface area contributed by atoms with Gasteiger partial charge in [-0.2, -0.15) is 4.31 Å². The van der Waals surface area contributed by atoms with E-state index in [0.29, 0.717) is 30.6 Å². The maximum atomic E-state index is 12.6. The number of piperazine rings is 1. The molecule has 0 amide bonds. The first-order valence-corrected chi connectivity index (χ1v) is 8.42. The van der Waals surface area contributed by atoms with Crippen molar-refractivity contribution in [3.63, 3.8) is 0 Å². The molecule has 1 heterocycles. The van der Waals surface area contributed by atoms with Crippen LogP contribution in [0.5, 0.6) is 0 Å². The molecule has 0 atom stereocenters. The third-order valence-corrected chi connectivity index (χ3v) is 5.67. The molecule has 0 radical (unpaired) electrons. The maximum absolute atomic E-state index is 12.6. The van der Waals surface area contributed by atoms with Gasteiger partial charge < -0.3 is 5.73 Å². The topological polar surface area (TPSA) is 66.6 Å². The summed E-state index contributed by atoms with van der Waals surface area (Å²) in [6.45, 7) is 7.29. The third-order valence-electron chi connectivity index (χ3n) is 3.78. The summed E-state index contributed by atoms with van der Waals surface area (Å²) in [4.78, 5) is 2.64. The highest BCUT2D eigenvalue weighted by Crippen LogP contribution is 2.19. The minimum atomic E-state index is -3.39. The Morgan fingerprint density at radius 1 is 1.20 bits per heavy atom. The van der Waals surface area contributed by atoms with E-state index in [4.69, 9.17) is 5.73 Å². The fourth-order valence-corrected chi connectivity index (χ4v) is 3.94. The Balaban J connectivity index is 2.15. The third kappa shape index (κ3) is 3.20. The van der Waals surface area contributed by atoms with Crippen LogP contribution >= 0.6 is 0 Å². The number of sulfonamides is 1. The van der Waals surface area contributed by atoms with Crippen LogP contribution in [-0.2, 0) is 16.6 Å². The van der Waals surface area contributed by atoms with Crippen LogP contribution in [0.25, 0.3) is 0 Å². The molecule has 0 spiro atoms. The van der Waals surface area contributed by atoms with Crippen LogP contribution in [0.1, 0.15) is 19.4 Å². The van der Waals surface area contributed by atoms with Crippen LogP contribution in [0.4, 0.5) is 0 Å². The van der Waals surface area contributed by atoms with Crippen molar-refractivity contribution in [3.05, 3.63) is 29.8 Å². The van der Waals surface area contributed by atoms with Crippen molar-refractivity contribution in [2.75, 3.05) is 26.2 Å². The van der Waals surface area contributed by atoms with Crippen LogP contribution in [-0.4, -0.2) is 49.8 Å². The number of rotatable bonds is 4. The molecule has 0 aromatic heterocycles. The smallest absolute Gasteiger partial charge is 0.243 e. The normalized spacial score (nSPS) is 18.6. The summed E-state index contributed by atoms with van der Waals surface area (Å²) in [5.41, 5.74) is 6.42. The summed E-state index contributed by atoms with van der Waals surface area (Å²) in [5, 5.41) is 0. The number of nitrogens with zero attached hydrogens (tertiary/aromatic N) is 2. The number of nitrogens with two attached hydrogens (primary N) is 1. The van der Waals surface area contributed by atoms with Crippen LogP contribution in [0.15, 0.2) is 29.2 Å². The minimum absolute atomic E-state index is 0.346. The Morgan fingerprint density at radius 2 is 1.85 bits per heavy atom. The van der Waals surface area contributed by atoms with E-state index in [2.05, 4.69) is 18.7 Å². The molecule has 112 valence electrons. The van der Waals surface area contributed by atoms with Crippen molar-refractivity contribution < 1.29 is 8.42 Å². The summed E-state index contributed by atoms with van der Waals surface area (Å²) in [5.74, 6) is 0. The van der Waals surface area contributed by atoms with Gasteiger partial charge in [0.25, 0.3) is 0 Å². The first-order chi connectivity index (χ1) is 9.45. The maximum Gasteiger partial charge on any atom is 0.243 e. The van der Waals surface area contributed by atoms with Gasteiger partial charge >= 0.3 is 0 Å². The molecule has 6 heteroatoms. The molecule has 20 heavy (non-hydrogen) atoms. The first kappa shape index (κ1) is 15.4. The van der Waals surface area contributed by atoms with Crippen LogP contribution in [0.2, 0.25) is 0 Å². The van der Waals surface area contributed by atoms with Crippen molar-refractivity contribution in [2.24, 2.45) is 5.73 Å². The van der Waals surface area contributed by atoms with Gasteiger partial charge in [-0.3, -0.25) is 4.90 Å². The molecule has 2 N–H and O–H groups in total. The molecule has 1 aromatic carbocycles. The average Bonchev–Trinajstić information content (AvgIpc) is 2.47. The van der Waals surface area contributed by atoms with Crippen molar-refractivity contribution >= 4 is 10.0 Å². The van der Waals surface area contributed by atoms with Gasteiger partial charge in [-0.25, -0.2) is 8.42 Å². The molecule has 1 saturated heterocycles. The van der Waals surface area contributed by atoms with E-state index >= 15 is 0 Å². The van der Waals surface area contributed by atoms with Gasteiger partial charge in [0.2, 0.25) is 10.0 Å². The largest absolute Gasteiger partial charge is 0.326 e. The SMILES string of the molecule is CC(C)N1CCN(S(=O)(=O)c2cccc(CN)c2)CC1. The van der Waals surface area contributed by atoms with E-state index in [1.54, 1.807) is 22.5 Å². The number of benzene rings is 1. The molecule has 1 aromatic rings. The molecule has 0 saturated carbocycles. The fraction of sp³-hybridized carbons (Fsp3) is 0.571. The Kier molecular flexibility index (Phi) is 4.80. The lowest BCUT2D eigenvalue weighted by Crippen LogP contribution is -2.50. The van der Waals surface area contributed by atoms with Crippen LogP contribution in [0, 0.1) is 0 Å². The van der Waals surface area contributed by atoms with Crippen molar-refractivity contribution in [1.29, 1.82) is 0 Å². The van der Waals surface area contributed by atoms with Gasteiger partial charge in [0, 0.05) is 38.8 Å². The van der Waals surface area contributed by atoms with Gasteiger partial charge in [-0.1, -0.05) is 12.1 Å². The lowest BCUT2D eigenvalue weighted by atomic mass is 10.2. The zero-order chi connectivity index (χ0) is 14.8. The zero-order valence-electron chi connectivity index (χ0n) is 12.1. The highest BCUT2D eigenvalue weighted by Gasteiger charge is 2.29. The zero-order valence-corrected chi connectivity index (χ0v) is 12.9. The van der Waals surface area contributed by atoms with E-state index in [1.165, 1.54) is 0 Å². The van der Waals surface area contributed by atoms with Gasteiger partial charge in [0.1, 0.15) is 0 Å². The van der Waals surface area contributed by atoms with Crippen molar-refractivity contribution in [1.82, 2.24) is 9.21 Å². The Hall–Kier alpha value is -0.950. The Labute approximate surface area is 121 Å². The minimum Gasteiger partial charge on any atom is -0.326 e. The standard InChI is InChI=1S/C14H23N3O2S/c1-12(2)16-6-8-17(9-7-16)20(18,19)14-5-3-4-13(10-14)11-15/h3-5,10,12H,6-9,11,15H2,1-2H3. The molecule has 5 nitrogen and oxygen atoms in total. The molecule has 2 rings (SSSR count). The molecule has 1 aliphatic heterocycles. The van der Waals surface area contributed by atoms with E-state index in [-0.39, 0.29) is 0 Å². The Bertz CT molecular complexity index is 549. The van der Waals surface area contributed by atoms with Gasteiger partial charge in [0.15, 0.2) is 0 Å². The second kappa shape index (κ2) is 6.22. The van der Waals surface area contributed by atoms with E-state index in [1.807, 2.05) is 6.07 Å². The second-order valence-corrected chi connectivity index (χ2v) is 7.32. The highest BCUT2D eigenvalue weighted by molar-refractivity contribution is 7.89. The lowest BCUT2D eigenvalue weighted by Gasteiger charge is -2.36. The van der Waals surface area contributed by atoms with Gasteiger partial charge in [-0.15, -0.1) is 0 Å². The number of hydrogen-bond donors (Lipinski definition) is 1. The molecule has 1 aliphatic rings. The Morgan fingerprint density at radius 3 is 2.40 bits per heavy atom. The molecular weight excluding hydrogens is 274 g/mol. The quantitative estimate of drug-likeness (QED) is 0.895. The van der Waals surface area contributed by atoms with Gasteiger partial charge in [-0.05, 0) is 31.5 Å². The molecule has 0 aliphatic carbocycles. The first-order valence-electron chi connectivity index (χ1n) is 6.98. The van der Waals surface area contributed by atoms with Crippen LogP contribution < -0.4 is 5.73 Å². The summed E-state index contributed by atoms with van der Waals surface area (Å²) < 4.78 is 26.8. The predicted octanol–water partition coefficient (Wildman–Crippen LogP) is 0.860. The van der Waals surface area contributed by atoms with Crippen molar-refractivity contribution in [2.45, 2.75) is 31.3 Å². The summed E-state index contributed by atoms with van der Waals surface area (Å²) in [7, 11) is -3.39. The second-order valence-electron chi connectivity index (χ2n) is 5.39. The van der Waals surface area contributed by atoms with Crippen LogP contribution in [0.3, 0.4) is 0 Å². The van der Waals surface area contributed by atoms with E-state index < -0.39 is 10.0 Å². The molecule has 0 unspecified atom stereocenters.